The molecule has 1 amide bonds. The summed E-state index contributed by atoms with van der Waals surface area (Å²) >= 11 is 3.46. The van der Waals surface area contributed by atoms with Crippen LogP contribution >= 0.6 is 15.9 Å². The van der Waals surface area contributed by atoms with Crippen LogP contribution in [0.2, 0.25) is 0 Å². The van der Waals surface area contributed by atoms with Crippen LogP contribution in [-0.4, -0.2) is 11.9 Å². The molecular weight excluding hydrogens is 302 g/mol. The molecular formula is C16H22BrNO. The number of rotatable bonds is 2. The molecule has 1 fully saturated rings. The SMILES string of the molecule is Cc1ccc(Br)c(C(=O)NC2CCC(C)CC2C)c1. The number of carbonyl (C=O) groups is 1. The van der Waals surface area contributed by atoms with E-state index in [9.17, 15) is 4.79 Å². The van der Waals surface area contributed by atoms with Gasteiger partial charge in [0, 0.05) is 10.5 Å². The number of halogens is 1. The topological polar surface area (TPSA) is 29.1 Å². The van der Waals surface area contributed by atoms with E-state index in [4.69, 9.17) is 0 Å². The van der Waals surface area contributed by atoms with Crippen LogP contribution in [0.25, 0.3) is 0 Å². The Morgan fingerprint density at radius 1 is 1.32 bits per heavy atom. The lowest BCUT2D eigenvalue weighted by molar-refractivity contribution is 0.0898. The van der Waals surface area contributed by atoms with E-state index in [-0.39, 0.29) is 5.91 Å². The summed E-state index contributed by atoms with van der Waals surface area (Å²) in [5, 5.41) is 3.20. The monoisotopic (exact) mass is 323 g/mol. The Hall–Kier alpha value is -0.830. The lowest BCUT2D eigenvalue weighted by Gasteiger charge is -2.33. The highest BCUT2D eigenvalue weighted by Gasteiger charge is 2.27. The highest BCUT2D eigenvalue weighted by Crippen LogP contribution is 2.29. The van der Waals surface area contributed by atoms with Crippen LogP contribution in [0.5, 0.6) is 0 Å². The first-order valence-electron chi connectivity index (χ1n) is 7.04. The van der Waals surface area contributed by atoms with Crippen LogP contribution in [0.15, 0.2) is 22.7 Å². The van der Waals surface area contributed by atoms with Gasteiger partial charge in [-0.2, -0.15) is 0 Å². The van der Waals surface area contributed by atoms with E-state index in [0.29, 0.717) is 12.0 Å². The lowest BCUT2D eigenvalue weighted by Crippen LogP contribution is -2.42. The average Bonchev–Trinajstić information content (AvgIpc) is 2.35. The summed E-state index contributed by atoms with van der Waals surface area (Å²) in [6.07, 6.45) is 3.52. The number of hydrogen-bond donors (Lipinski definition) is 1. The molecule has 3 heteroatoms. The maximum Gasteiger partial charge on any atom is 0.252 e. The molecule has 0 radical (unpaired) electrons. The van der Waals surface area contributed by atoms with Gasteiger partial charge in [-0.25, -0.2) is 0 Å². The van der Waals surface area contributed by atoms with Gasteiger partial charge in [0.2, 0.25) is 0 Å². The van der Waals surface area contributed by atoms with E-state index >= 15 is 0 Å². The molecule has 1 aliphatic carbocycles. The van der Waals surface area contributed by atoms with Crippen LogP contribution in [0, 0.1) is 18.8 Å². The summed E-state index contributed by atoms with van der Waals surface area (Å²) in [4.78, 5) is 12.4. The fourth-order valence-electron chi connectivity index (χ4n) is 2.94. The Morgan fingerprint density at radius 2 is 2.05 bits per heavy atom. The first-order valence-corrected chi connectivity index (χ1v) is 7.83. The van der Waals surface area contributed by atoms with Gasteiger partial charge in [0.15, 0.2) is 0 Å². The molecule has 0 aliphatic heterocycles. The Kier molecular flexibility index (Phi) is 4.67. The first-order chi connectivity index (χ1) is 8.97. The smallest absolute Gasteiger partial charge is 0.252 e. The Labute approximate surface area is 124 Å². The van der Waals surface area contributed by atoms with Crippen LogP contribution in [0.1, 0.15) is 49.0 Å². The highest BCUT2D eigenvalue weighted by molar-refractivity contribution is 9.10. The number of amides is 1. The van der Waals surface area contributed by atoms with Crippen molar-refractivity contribution in [3.8, 4) is 0 Å². The molecule has 0 saturated heterocycles. The normalized spacial score (nSPS) is 27.1. The average molecular weight is 324 g/mol. The van der Waals surface area contributed by atoms with E-state index in [2.05, 4.69) is 35.1 Å². The predicted molar refractivity (Wildman–Crippen MR) is 82.3 cm³/mol. The number of aryl methyl sites for hydroxylation is 1. The van der Waals surface area contributed by atoms with Gasteiger partial charge in [0.1, 0.15) is 0 Å². The standard InChI is InChI=1S/C16H22BrNO/c1-10-5-7-15(12(3)8-10)18-16(19)13-9-11(2)4-6-14(13)17/h4,6,9-10,12,15H,5,7-8H2,1-3H3,(H,18,19). The van der Waals surface area contributed by atoms with E-state index in [0.717, 1.165) is 27.9 Å². The Balaban J connectivity index is 2.06. The van der Waals surface area contributed by atoms with Crippen LogP contribution in [0.4, 0.5) is 0 Å². The van der Waals surface area contributed by atoms with E-state index in [1.807, 2.05) is 25.1 Å². The molecule has 0 spiro atoms. The second kappa shape index (κ2) is 6.08. The molecule has 1 aromatic carbocycles. The van der Waals surface area contributed by atoms with Crippen molar-refractivity contribution in [2.75, 3.05) is 0 Å². The lowest BCUT2D eigenvalue weighted by atomic mass is 9.80. The second-order valence-corrected chi connectivity index (χ2v) is 6.81. The van der Waals surface area contributed by atoms with Crippen molar-refractivity contribution in [3.63, 3.8) is 0 Å². The van der Waals surface area contributed by atoms with E-state index in [1.54, 1.807) is 0 Å². The van der Waals surface area contributed by atoms with Crippen molar-refractivity contribution in [2.45, 2.75) is 46.1 Å². The zero-order valence-electron chi connectivity index (χ0n) is 11.9. The van der Waals surface area contributed by atoms with Crippen molar-refractivity contribution in [2.24, 2.45) is 11.8 Å². The largest absolute Gasteiger partial charge is 0.349 e. The highest BCUT2D eigenvalue weighted by atomic mass is 79.9. The maximum absolute atomic E-state index is 12.4. The zero-order chi connectivity index (χ0) is 14.0. The molecule has 3 atom stereocenters. The summed E-state index contributed by atoms with van der Waals surface area (Å²) in [6, 6.07) is 6.20. The minimum atomic E-state index is 0.0435. The van der Waals surface area contributed by atoms with Gasteiger partial charge in [-0.3, -0.25) is 4.79 Å². The van der Waals surface area contributed by atoms with Crippen LogP contribution in [-0.2, 0) is 0 Å². The summed E-state index contributed by atoms with van der Waals surface area (Å²) in [5.74, 6) is 1.40. The number of hydrogen-bond acceptors (Lipinski definition) is 1. The molecule has 1 saturated carbocycles. The van der Waals surface area contributed by atoms with Gasteiger partial charge in [-0.15, -0.1) is 0 Å². The Bertz CT molecular complexity index is 472. The predicted octanol–water partition coefficient (Wildman–Crippen LogP) is 4.31. The third kappa shape index (κ3) is 3.59. The van der Waals surface area contributed by atoms with Gasteiger partial charge in [0.05, 0.1) is 5.56 Å². The molecule has 0 heterocycles. The summed E-state index contributed by atoms with van der Waals surface area (Å²) in [6.45, 7) is 6.55. The Morgan fingerprint density at radius 3 is 2.74 bits per heavy atom. The van der Waals surface area contributed by atoms with Crippen molar-refractivity contribution in [1.82, 2.24) is 5.32 Å². The van der Waals surface area contributed by atoms with Crippen molar-refractivity contribution >= 4 is 21.8 Å². The third-order valence-electron chi connectivity index (χ3n) is 4.11. The fourth-order valence-corrected chi connectivity index (χ4v) is 3.37. The molecule has 0 bridgehead atoms. The molecule has 2 nitrogen and oxygen atoms in total. The maximum atomic E-state index is 12.4. The number of benzene rings is 1. The van der Waals surface area contributed by atoms with E-state index in [1.165, 1.54) is 12.8 Å². The molecule has 2 rings (SSSR count). The summed E-state index contributed by atoms with van der Waals surface area (Å²) < 4.78 is 0.868. The quantitative estimate of drug-likeness (QED) is 0.863. The van der Waals surface area contributed by atoms with Crippen molar-refractivity contribution < 1.29 is 4.79 Å². The molecule has 1 N–H and O–H groups in total. The number of nitrogens with one attached hydrogen (secondary N) is 1. The van der Waals surface area contributed by atoms with E-state index < -0.39 is 0 Å². The number of carbonyl (C=O) groups excluding carboxylic acids is 1. The van der Waals surface area contributed by atoms with Gasteiger partial charge < -0.3 is 5.32 Å². The summed E-state index contributed by atoms with van der Waals surface area (Å²) in [5.41, 5.74) is 1.85. The molecule has 1 aliphatic rings. The molecule has 0 aromatic heterocycles. The van der Waals surface area contributed by atoms with Crippen molar-refractivity contribution in [1.29, 1.82) is 0 Å². The fraction of sp³-hybridized carbons (Fsp3) is 0.562. The third-order valence-corrected chi connectivity index (χ3v) is 4.81. The molecule has 19 heavy (non-hydrogen) atoms. The molecule has 1 aromatic rings. The van der Waals surface area contributed by atoms with Crippen molar-refractivity contribution in [3.05, 3.63) is 33.8 Å². The first kappa shape index (κ1) is 14.6. The van der Waals surface area contributed by atoms with Crippen LogP contribution < -0.4 is 5.32 Å². The minimum absolute atomic E-state index is 0.0435. The van der Waals surface area contributed by atoms with Gasteiger partial charge >= 0.3 is 0 Å². The second-order valence-electron chi connectivity index (χ2n) is 5.96. The van der Waals surface area contributed by atoms with Gasteiger partial charge in [0.25, 0.3) is 5.91 Å². The summed E-state index contributed by atoms with van der Waals surface area (Å²) in [7, 11) is 0. The zero-order valence-corrected chi connectivity index (χ0v) is 13.5. The molecule has 104 valence electrons. The van der Waals surface area contributed by atoms with Gasteiger partial charge in [-0.05, 0) is 66.1 Å². The van der Waals surface area contributed by atoms with Gasteiger partial charge in [-0.1, -0.05) is 25.5 Å². The van der Waals surface area contributed by atoms with Crippen LogP contribution in [0.3, 0.4) is 0 Å². The minimum Gasteiger partial charge on any atom is -0.349 e. The molecule has 3 unspecified atom stereocenters.